The van der Waals surface area contributed by atoms with E-state index < -0.39 is 0 Å². The van der Waals surface area contributed by atoms with E-state index >= 15 is 0 Å². The Morgan fingerprint density at radius 2 is 2.24 bits per heavy atom. The van der Waals surface area contributed by atoms with E-state index in [0.717, 1.165) is 49.4 Å². The lowest BCUT2D eigenvalue weighted by Gasteiger charge is -2.27. The number of anilines is 1. The van der Waals surface area contributed by atoms with Crippen LogP contribution in [0.5, 0.6) is 0 Å². The normalized spacial score (nSPS) is 18.3. The van der Waals surface area contributed by atoms with Crippen LogP contribution in [0.15, 0.2) is 12.1 Å². The number of likely N-dealkylation sites (N-methyl/N-ethyl adjacent to an activating group) is 1. The Kier molecular flexibility index (Phi) is 5.17. The minimum absolute atomic E-state index is 0.132. The van der Waals surface area contributed by atoms with Crippen molar-refractivity contribution >= 4 is 11.7 Å². The average Bonchev–Trinajstić information content (AvgIpc) is 2.93. The number of pyridine rings is 1. The van der Waals surface area contributed by atoms with E-state index in [4.69, 9.17) is 0 Å². The second-order valence-corrected chi connectivity index (χ2v) is 5.89. The first-order valence-corrected chi connectivity index (χ1v) is 7.69. The van der Waals surface area contributed by atoms with Gasteiger partial charge in [-0.3, -0.25) is 4.79 Å². The maximum absolute atomic E-state index is 12.8. The van der Waals surface area contributed by atoms with E-state index in [-0.39, 0.29) is 5.91 Å². The van der Waals surface area contributed by atoms with Gasteiger partial charge in [-0.05, 0) is 45.5 Å². The van der Waals surface area contributed by atoms with Crippen molar-refractivity contribution in [1.29, 1.82) is 0 Å². The van der Waals surface area contributed by atoms with E-state index in [2.05, 4.69) is 36.2 Å². The Labute approximate surface area is 127 Å². The van der Waals surface area contributed by atoms with Crippen molar-refractivity contribution in [1.82, 2.24) is 14.8 Å². The third kappa shape index (κ3) is 3.73. The van der Waals surface area contributed by atoms with Crippen LogP contribution in [-0.2, 0) is 6.42 Å². The molecule has 1 amide bonds. The van der Waals surface area contributed by atoms with Gasteiger partial charge in [0.05, 0.1) is 0 Å². The molecule has 0 aromatic carbocycles. The fraction of sp³-hybridized carbons (Fsp3) is 0.625. The fourth-order valence-corrected chi connectivity index (χ4v) is 2.90. The topological polar surface area (TPSA) is 48.5 Å². The van der Waals surface area contributed by atoms with Gasteiger partial charge in [0.1, 0.15) is 5.82 Å². The number of nitrogens with zero attached hydrogens (tertiary/aromatic N) is 3. The zero-order valence-corrected chi connectivity index (χ0v) is 13.5. The molecule has 2 heterocycles. The van der Waals surface area contributed by atoms with Gasteiger partial charge in [0.15, 0.2) is 0 Å². The summed E-state index contributed by atoms with van der Waals surface area (Å²) in [6.07, 6.45) is 3.01. The highest BCUT2D eigenvalue weighted by Crippen LogP contribution is 2.22. The summed E-state index contributed by atoms with van der Waals surface area (Å²) in [7, 11) is 5.95. The number of amides is 1. The van der Waals surface area contributed by atoms with Gasteiger partial charge in [-0.15, -0.1) is 0 Å². The van der Waals surface area contributed by atoms with Crippen molar-refractivity contribution in [2.45, 2.75) is 32.2 Å². The lowest BCUT2D eigenvalue weighted by Crippen LogP contribution is -2.41. The van der Waals surface area contributed by atoms with Crippen LogP contribution in [0.3, 0.4) is 0 Å². The van der Waals surface area contributed by atoms with Crippen LogP contribution in [0.25, 0.3) is 0 Å². The van der Waals surface area contributed by atoms with Crippen molar-refractivity contribution < 1.29 is 4.79 Å². The summed E-state index contributed by atoms with van der Waals surface area (Å²) in [6, 6.07) is 4.10. The molecule has 1 fully saturated rings. The number of rotatable bonds is 5. The summed E-state index contributed by atoms with van der Waals surface area (Å²) in [6.45, 7) is 3.84. The molecule has 1 unspecified atom stereocenters. The van der Waals surface area contributed by atoms with Gasteiger partial charge in [-0.1, -0.05) is 6.92 Å². The average molecular weight is 290 g/mol. The predicted molar refractivity (Wildman–Crippen MR) is 85.8 cm³/mol. The molecule has 1 aliphatic rings. The molecular formula is C16H26N4O. The number of hydrogen-bond acceptors (Lipinski definition) is 4. The van der Waals surface area contributed by atoms with E-state index in [0.29, 0.717) is 6.04 Å². The number of carbonyl (C=O) groups is 1. The molecule has 0 saturated carbocycles. The van der Waals surface area contributed by atoms with Crippen molar-refractivity contribution in [3.8, 4) is 0 Å². The van der Waals surface area contributed by atoms with E-state index in [9.17, 15) is 4.79 Å². The van der Waals surface area contributed by atoms with Gasteiger partial charge in [0.25, 0.3) is 5.91 Å². The van der Waals surface area contributed by atoms with Gasteiger partial charge in [-0.25, -0.2) is 4.98 Å². The van der Waals surface area contributed by atoms with Crippen molar-refractivity contribution in [2.24, 2.45) is 0 Å². The molecule has 116 valence electrons. The number of nitrogens with one attached hydrogen (secondary N) is 1. The number of carbonyl (C=O) groups excluding carboxylic acids is 1. The van der Waals surface area contributed by atoms with E-state index in [1.54, 1.807) is 0 Å². The fourth-order valence-electron chi connectivity index (χ4n) is 2.90. The zero-order valence-electron chi connectivity index (χ0n) is 13.5. The Hall–Kier alpha value is -1.62. The van der Waals surface area contributed by atoms with Crippen molar-refractivity contribution in [3.05, 3.63) is 23.4 Å². The monoisotopic (exact) mass is 290 g/mol. The lowest BCUT2D eigenvalue weighted by molar-refractivity contribution is 0.0716. The standard InChI is InChI=1S/C16H26N4O/c1-5-13-9-12(10-15(17-2)18-13)16(21)20-8-6-7-14(20)11-19(3)4/h9-10,14H,5-8,11H2,1-4H3,(H,17,18). The lowest BCUT2D eigenvalue weighted by atomic mass is 10.1. The number of aryl methyl sites for hydroxylation is 1. The molecule has 1 aliphatic heterocycles. The molecule has 1 saturated heterocycles. The summed E-state index contributed by atoms with van der Waals surface area (Å²) >= 11 is 0. The summed E-state index contributed by atoms with van der Waals surface area (Å²) in [4.78, 5) is 21.5. The minimum atomic E-state index is 0.132. The second kappa shape index (κ2) is 6.89. The van der Waals surface area contributed by atoms with Gasteiger partial charge in [0.2, 0.25) is 0 Å². The van der Waals surface area contributed by atoms with Crippen molar-refractivity contribution in [3.63, 3.8) is 0 Å². The molecule has 0 radical (unpaired) electrons. The molecule has 1 N–H and O–H groups in total. The summed E-state index contributed by atoms with van der Waals surface area (Å²) in [5.41, 5.74) is 1.70. The number of aromatic nitrogens is 1. The summed E-state index contributed by atoms with van der Waals surface area (Å²) in [5.74, 6) is 0.897. The first-order valence-electron chi connectivity index (χ1n) is 7.69. The van der Waals surface area contributed by atoms with Crippen LogP contribution in [-0.4, -0.2) is 61.0 Å². The quantitative estimate of drug-likeness (QED) is 0.899. The van der Waals surface area contributed by atoms with E-state index in [1.807, 2.05) is 24.1 Å². The number of likely N-dealkylation sites (tertiary alicyclic amines) is 1. The van der Waals surface area contributed by atoms with Gasteiger partial charge in [-0.2, -0.15) is 0 Å². The summed E-state index contributed by atoms with van der Waals surface area (Å²) < 4.78 is 0. The molecule has 1 aromatic heterocycles. The second-order valence-electron chi connectivity index (χ2n) is 5.89. The van der Waals surface area contributed by atoms with Crippen LogP contribution in [0.4, 0.5) is 5.82 Å². The highest BCUT2D eigenvalue weighted by molar-refractivity contribution is 5.95. The van der Waals surface area contributed by atoms with Crippen LogP contribution < -0.4 is 5.32 Å². The largest absolute Gasteiger partial charge is 0.373 e. The van der Waals surface area contributed by atoms with Gasteiger partial charge in [0, 0.05) is 37.4 Å². The Morgan fingerprint density at radius 3 is 2.86 bits per heavy atom. The smallest absolute Gasteiger partial charge is 0.254 e. The zero-order chi connectivity index (χ0) is 15.4. The molecule has 2 rings (SSSR count). The maximum atomic E-state index is 12.8. The van der Waals surface area contributed by atoms with Gasteiger partial charge >= 0.3 is 0 Å². The molecule has 5 nitrogen and oxygen atoms in total. The van der Waals surface area contributed by atoms with E-state index in [1.165, 1.54) is 0 Å². The SMILES string of the molecule is CCc1cc(C(=O)N2CCCC2CN(C)C)cc(NC)n1. The maximum Gasteiger partial charge on any atom is 0.254 e. The highest BCUT2D eigenvalue weighted by atomic mass is 16.2. The molecule has 0 spiro atoms. The minimum Gasteiger partial charge on any atom is -0.373 e. The molecule has 1 aromatic rings. The van der Waals surface area contributed by atoms with Gasteiger partial charge < -0.3 is 15.1 Å². The molecule has 21 heavy (non-hydrogen) atoms. The molecule has 1 atom stereocenters. The number of hydrogen-bond donors (Lipinski definition) is 1. The van der Waals surface area contributed by atoms with Crippen LogP contribution in [0, 0.1) is 0 Å². The molecular weight excluding hydrogens is 264 g/mol. The predicted octanol–water partition coefficient (Wildman–Crippen LogP) is 1.85. The van der Waals surface area contributed by atoms with Crippen LogP contribution in [0.2, 0.25) is 0 Å². The third-order valence-electron chi connectivity index (χ3n) is 3.96. The Bertz CT molecular complexity index is 479. The molecule has 0 bridgehead atoms. The highest BCUT2D eigenvalue weighted by Gasteiger charge is 2.30. The Balaban J connectivity index is 2.22. The van der Waals surface area contributed by atoms with Crippen LogP contribution in [0.1, 0.15) is 35.8 Å². The third-order valence-corrected chi connectivity index (χ3v) is 3.96. The summed E-state index contributed by atoms with van der Waals surface area (Å²) in [5, 5.41) is 3.04. The van der Waals surface area contributed by atoms with Crippen LogP contribution >= 0.6 is 0 Å². The first kappa shape index (κ1) is 15.8. The Morgan fingerprint density at radius 1 is 1.48 bits per heavy atom. The van der Waals surface area contributed by atoms with Crippen molar-refractivity contribution in [2.75, 3.05) is 39.5 Å². The molecule has 0 aliphatic carbocycles. The molecule has 5 heteroatoms. The first-order chi connectivity index (χ1) is 10.0.